The first kappa shape index (κ1) is 11.8. The van der Waals surface area contributed by atoms with Crippen LogP contribution in [0.5, 0.6) is 0 Å². The predicted octanol–water partition coefficient (Wildman–Crippen LogP) is 0.274. The monoisotopic (exact) mass is 236 g/mol. The Morgan fingerprint density at radius 1 is 1.59 bits per heavy atom. The van der Waals surface area contributed by atoms with Gasteiger partial charge in [0, 0.05) is 12.8 Å². The van der Waals surface area contributed by atoms with Crippen molar-refractivity contribution in [3.05, 3.63) is 23.9 Å². The van der Waals surface area contributed by atoms with Gasteiger partial charge in [-0.05, 0) is 25.5 Å². The Bertz CT molecular complexity index is 393. The van der Waals surface area contributed by atoms with Crippen LogP contribution >= 0.6 is 0 Å². The molecule has 2 atom stereocenters. The van der Waals surface area contributed by atoms with Gasteiger partial charge in [-0.25, -0.2) is 10.8 Å². The van der Waals surface area contributed by atoms with Crippen LogP contribution in [-0.2, 0) is 4.74 Å². The molecule has 1 fully saturated rings. The Morgan fingerprint density at radius 2 is 2.41 bits per heavy atom. The molecule has 1 aliphatic rings. The number of carbonyl (C=O) groups excluding carboxylic acids is 1. The normalized spacial score (nSPS) is 23.4. The minimum atomic E-state index is -0.136. The lowest BCUT2D eigenvalue weighted by Crippen LogP contribution is -2.39. The van der Waals surface area contributed by atoms with Crippen molar-refractivity contribution in [2.24, 2.45) is 5.84 Å². The summed E-state index contributed by atoms with van der Waals surface area (Å²) >= 11 is 0. The van der Waals surface area contributed by atoms with Crippen molar-refractivity contribution in [2.75, 3.05) is 12.0 Å². The number of hydrogen-bond acceptors (Lipinski definition) is 5. The minimum Gasteiger partial charge on any atom is -0.376 e. The van der Waals surface area contributed by atoms with Gasteiger partial charge in [0.05, 0.1) is 17.7 Å². The first-order chi connectivity index (χ1) is 8.20. The van der Waals surface area contributed by atoms with E-state index in [0.717, 1.165) is 6.42 Å². The summed E-state index contributed by atoms with van der Waals surface area (Å²) in [5.74, 6) is 5.59. The van der Waals surface area contributed by atoms with Gasteiger partial charge in [0.1, 0.15) is 5.82 Å². The van der Waals surface area contributed by atoms with E-state index >= 15 is 0 Å². The van der Waals surface area contributed by atoms with Gasteiger partial charge in [-0.2, -0.15) is 0 Å². The predicted molar refractivity (Wildman–Crippen MR) is 63.3 cm³/mol. The van der Waals surface area contributed by atoms with E-state index < -0.39 is 0 Å². The minimum absolute atomic E-state index is 0.0666. The van der Waals surface area contributed by atoms with Crippen molar-refractivity contribution in [1.82, 2.24) is 10.3 Å². The van der Waals surface area contributed by atoms with E-state index in [1.807, 2.05) is 6.92 Å². The van der Waals surface area contributed by atoms with Gasteiger partial charge in [0.25, 0.3) is 5.91 Å². The molecule has 0 aromatic carbocycles. The molecule has 0 radical (unpaired) electrons. The molecule has 2 unspecified atom stereocenters. The maximum Gasteiger partial charge on any atom is 0.253 e. The number of rotatable bonds is 3. The molecule has 1 amide bonds. The highest BCUT2D eigenvalue weighted by Gasteiger charge is 2.25. The zero-order valence-electron chi connectivity index (χ0n) is 9.64. The molecular formula is C11H16N4O2. The summed E-state index contributed by atoms with van der Waals surface area (Å²) in [5, 5.41) is 2.93. The standard InChI is InChI=1S/C11H16N4O2/c1-7-9(4-5-17-7)14-11(16)8-2-3-10(15-12)13-6-8/h2-3,6-7,9H,4-5,12H2,1H3,(H,13,15)(H,14,16). The number of ether oxygens (including phenoxy) is 1. The SMILES string of the molecule is CC1OCCC1NC(=O)c1ccc(NN)nc1. The molecule has 2 heterocycles. The van der Waals surface area contributed by atoms with Crippen LogP contribution in [0.25, 0.3) is 0 Å². The zero-order valence-corrected chi connectivity index (χ0v) is 9.64. The number of hydrogen-bond donors (Lipinski definition) is 3. The summed E-state index contributed by atoms with van der Waals surface area (Å²) < 4.78 is 5.38. The van der Waals surface area contributed by atoms with Crippen molar-refractivity contribution in [3.63, 3.8) is 0 Å². The van der Waals surface area contributed by atoms with Crippen LogP contribution in [0.4, 0.5) is 5.82 Å². The van der Waals surface area contributed by atoms with E-state index in [1.54, 1.807) is 12.1 Å². The van der Waals surface area contributed by atoms with Crippen LogP contribution in [0, 0.1) is 0 Å². The van der Waals surface area contributed by atoms with Gasteiger partial charge in [-0.15, -0.1) is 0 Å². The van der Waals surface area contributed by atoms with Gasteiger partial charge < -0.3 is 15.5 Å². The Morgan fingerprint density at radius 3 is 2.94 bits per heavy atom. The summed E-state index contributed by atoms with van der Waals surface area (Å²) in [4.78, 5) is 15.9. The molecule has 1 saturated heterocycles. The molecule has 1 aliphatic heterocycles. The highest BCUT2D eigenvalue weighted by atomic mass is 16.5. The number of aromatic nitrogens is 1. The van der Waals surface area contributed by atoms with Crippen LogP contribution in [0.3, 0.4) is 0 Å². The van der Waals surface area contributed by atoms with Crippen LogP contribution in [0.15, 0.2) is 18.3 Å². The number of nitrogens with two attached hydrogens (primary N) is 1. The number of nitrogens with zero attached hydrogens (tertiary/aromatic N) is 1. The quantitative estimate of drug-likeness (QED) is 0.518. The Labute approximate surface area is 99.5 Å². The second-order valence-electron chi connectivity index (χ2n) is 4.02. The molecule has 4 N–H and O–H groups in total. The number of pyridine rings is 1. The number of hydrazine groups is 1. The molecule has 92 valence electrons. The van der Waals surface area contributed by atoms with E-state index in [-0.39, 0.29) is 18.1 Å². The average molecular weight is 236 g/mol. The first-order valence-corrected chi connectivity index (χ1v) is 5.56. The number of carbonyl (C=O) groups is 1. The number of nitrogen functional groups attached to an aromatic ring is 1. The van der Waals surface area contributed by atoms with Crippen molar-refractivity contribution in [2.45, 2.75) is 25.5 Å². The fourth-order valence-electron chi connectivity index (χ4n) is 1.79. The molecule has 6 heteroatoms. The van der Waals surface area contributed by atoms with Crippen molar-refractivity contribution < 1.29 is 9.53 Å². The summed E-state index contributed by atoms with van der Waals surface area (Å²) in [5.41, 5.74) is 2.93. The highest BCUT2D eigenvalue weighted by molar-refractivity contribution is 5.94. The molecule has 1 aromatic heterocycles. The molecule has 0 aliphatic carbocycles. The van der Waals surface area contributed by atoms with Gasteiger partial charge >= 0.3 is 0 Å². The van der Waals surface area contributed by atoms with Gasteiger partial charge in [0.15, 0.2) is 0 Å². The third-order valence-electron chi connectivity index (χ3n) is 2.87. The van der Waals surface area contributed by atoms with E-state index in [1.165, 1.54) is 6.20 Å². The fourth-order valence-corrected chi connectivity index (χ4v) is 1.79. The third kappa shape index (κ3) is 2.72. The zero-order chi connectivity index (χ0) is 12.3. The molecule has 6 nitrogen and oxygen atoms in total. The van der Waals surface area contributed by atoms with E-state index in [0.29, 0.717) is 18.0 Å². The van der Waals surface area contributed by atoms with E-state index in [4.69, 9.17) is 10.6 Å². The third-order valence-corrected chi connectivity index (χ3v) is 2.87. The van der Waals surface area contributed by atoms with Crippen molar-refractivity contribution in [1.29, 1.82) is 0 Å². The Hall–Kier alpha value is -1.66. The summed E-state index contributed by atoms with van der Waals surface area (Å²) in [6, 6.07) is 3.41. The molecule has 0 spiro atoms. The van der Waals surface area contributed by atoms with Crippen molar-refractivity contribution in [3.8, 4) is 0 Å². The lowest BCUT2D eigenvalue weighted by atomic mass is 10.1. The smallest absolute Gasteiger partial charge is 0.253 e. The number of amides is 1. The molecule has 0 saturated carbocycles. The van der Waals surface area contributed by atoms with Crippen LogP contribution in [0.1, 0.15) is 23.7 Å². The molecule has 2 rings (SSSR count). The first-order valence-electron chi connectivity index (χ1n) is 5.56. The van der Waals surface area contributed by atoms with Gasteiger partial charge in [0.2, 0.25) is 0 Å². The Balaban J connectivity index is 1.99. The highest BCUT2D eigenvalue weighted by Crippen LogP contribution is 2.13. The topological polar surface area (TPSA) is 89.3 Å². The second-order valence-corrected chi connectivity index (χ2v) is 4.02. The lowest BCUT2D eigenvalue weighted by Gasteiger charge is -2.15. The summed E-state index contributed by atoms with van der Waals surface area (Å²) in [6.45, 7) is 2.65. The molecule has 17 heavy (non-hydrogen) atoms. The second kappa shape index (κ2) is 5.11. The maximum absolute atomic E-state index is 11.9. The maximum atomic E-state index is 11.9. The average Bonchev–Trinajstić information content (AvgIpc) is 2.75. The molecule has 1 aromatic rings. The van der Waals surface area contributed by atoms with Crippen molar-refractivity contribution >= 4 is 11.7 Å². The Kier molecular flexibility index (Phi) is 3.55. The number of anilines is 1. The number of nitrogens with one attached hydrogen (secondary N) is 2. The van der Waals surface area contributed by atoms with Gasteiger partial charge in [-0.1, -0.05) is 0 Å². The van der Waals surface area contributed by atoms with E-state index in [9.17, 15) is 4.79 Å². The largest absolute Gasteiger partial charge is 0.376 e. The molecular weight excluding hydrogens is 220 g/mol. The van der Waals surface area contributed by atoms with Gasteiger partial charge in [-0.3, -0.25) is 4.79 Å². The fraction of sp³-hybridized carbons (Fsp3) is 0.455. The van der Waals surface area contributed by atoms with Crippen LogP contribution in [0.2, 0.25) is 0 Å². The summed E-state index contributed by atoms with van der Waals surface area (Å²) in [7, 11) is 0. The summed E-state index contributed by atoms with van der Waals surface area (Å²) in [6.07, 6.45) is 2.41. The molecule has 0 bridgehead atoms. The lowest BCUT2D eigenvalue weighted by molar-refractivity contribution is 0.0866. The van der Waals surface area contributed by atoms with Crippen LogP contribution < -0.4 is 16.6 Å². The van der Waals surface area contributed by atoms with E-state index in [2.05, 4.69) is 15.7 Å². The van der Waals surface area contributed by atoms with Crippen LogP contribution in [-0.4, -0.2) is 29.6 Å².